The fraction of sp³-hybridized carbons (Fsp3) is 0.435. The summed E-state index contributed by atoms with van der Waals surface area (Å²) >= 11 is 0. The minimum atomic E-state index is -2.70. The number of carboxylic acid groups (broad SMARTS) is 1. The van der Waals surface area contributed by atoms with Crippen molar-refractivity contribution in [1.82, 2.24) is 14.8 Å². The summed E-state index contributed by atoms with van der Waals surface area (Å²) in [4.78, 5) is 15.7. The maximum Gasteiger partial charge on any atom is 0.338 e. The molecule has 0 aliphatic heterocycles. The average Bonchev–Trinajstić information content (AvgIpc) is 3.46. The number of hydrogen-bond donors (Lipinski definition) is 2. The smallest absolute Gasteiger partial charge is 0.338 e. The van der Waals surface area contributed by atoms with Gasteiger partial charge < -0.3 is 19.7 Å². The molecule has 1 aromatic carbocycles. The number of carboxylic acids is 1. The second kappa shape index (κ2) is 9.80. The van der Waals surface area contributed by atoms with E-state index in [1.807, 2.05) is 0 Å². The Kier molecular flexibility index (Phi) is 6.85. The number of fused-ring (bicyclic) bond motifs is 1. The molecule has 0 bridgehead atoms. The number of aliphatic hydroxyl groups excluding tert-OH is 1. The lowest BCUT2D eigenvalue weighted by atomic mass is 10.0. The van der Waals surface area contributed by atoms with Crippen LogP contribution in [0.1, 0.15) is 59.7 Å². The number of alkyl halides is 2. The van der Waals surface area contributed by atoms with Gasteiger partial charge in [0.25, 0.3) is 6.43 Å². The van der Waals surface area contributed by atoms with E-state index in [1.54, 1.807) is 6.20 Å². The van der Waals surface area contributed by atoms with Crippen LogP contribution < -0.4 is 4.74 Å². The Morgan fingerprint density at radius 1 is 1.27 bits per heavy atom. The van der Waals surface area contributed by atoms with Gasteiger partial charge in [-0.2, -0.15) is 5.10 Å². The van der Waals surface area contributed by atoms with Gasteiger partial charge in [0.15, 0.2) is 0 Å². The summed E-state index contributed by atoms with van der Waals surface area (Å²) in [5.41, 5.74) is 0.793. The monoisotopic (exact) mass is 461 g/mol. The van der Waals surface area contributed by atoms with Crippen LogP contribution in [0.4, 0.5) is 8.78 Å². The summed E-state index contributed by atoms with van der Waals surface area (Å²) in [5, 5.41) is 24.9. The van der Waals surface area contributed by atoms with E-state index in [0.717, 1.165) is 25.7 Å². The van der Waals surface area contributed by atoms with Crippen LogP contribution >= 0.6 is 0 Å². The van der Waals surface area contributed by atoms with Gasteiger partial charge in [-0.25, -0.2) is 13.6 Å². The second-order valence-electron chi connectivity index (χ2n) is 8.08. The summed E-state index contributed by atoms with van der Waals surface area (Å²) in [7, 11) is 1.30. The number of aromatic carboxylic acids is 1. The maximum absolute atomic E-state index is 13.2. The van der Waals surface area contributed by atoms with Gasteiger partial charge in [0.1, 0.15) is 29.0 Å². The minimum Gasteiger partial charge on any atom is -0.496 e. The zero-order chi connectivity index (χ0) is 23.5. The van der Waals surface area contributed by atoms with E-state index < -0.39 is 24.6 Å². The van der Waals surface area contributed by atoms with Crippen molar-refractivity contribution in [3.8, 4) is 5.75 Å². The lowest BCUT2D eigenvalue weighted by molar-refractivity contribution is -0.0844. The molecule has 0 saturated heterocycles. The molecule has 10 heteroatoms. The zero-order valence-electron chi connectivity index (χ0n) is 18.0. The Morgan fingerprint density at radius 3 is 2.70 bits per heavy atom. The average molecular weight is 461 g/mol. The molecule has 2 heterocycles. The SMILES string of the molecule is COc1cc(C(O)C(Cn2cc3nccc(C(=O)O)c3n2)OC2CCCC2)ccc1C(F)F. The highest BCUT2D eigenvalue weighted by Crippen LogP contribution is 2.34. The third-order valence-electron chi connectivity index (χ3n) is 5.91. The number of methoxy groups -OCH3 is 1. The molecule has 1 saturated carbocycles. The van der Waals surface area contributed by atoms with E-state index >= 15 is 0 Å². The largest absolute Gasteiger partial charge is 0.496 e. The normalized spacial score (nSPS) is 16.4. The standard InChI is InChI=1S/C23H25F2N3O5/c1-32-18-10-13(6-7-15(18)22(24)25)21(29)19(33-14-4-2-3-5-14)12-28-11-17-20(27-28)16(23(30)31)8-9-26-17/h6-11,14,19,21-22,29H,2-5,12H2,1H3,(H,30,31). The Bertz CT molecular complexity index is 1130. The maximum atomic E-state index is 13.2. The molecule has 2 aromatic heterocycles. The quantitative estimate of drug-likeness (QED) is 0.493. The third kappa shape index (κ3) is 4.96. The van der Waals surface area contributed by atoms with Crippen LogP contribution in [0.5, 0.6) is 5.75 Å². The van der Waals surface area contributed by atoms with Crippen LogP contribution in [-0.4, -0.2) is 50.3 Å². The van der Waals surface area contributed by atoms with Crippen molar-refractivity contribution >= 4 is 17.0 Å². The van der Waals surface area contributed by atoms with Crippen molar-refractivity contribution in [2.75, 3.05) is 7.11 Å². The van der Waals surface area contributed by atoms with E-state index in [1.165, 1.54) is 42.3 Å². The lowest BCUT2D eigenvalue weighted by Gasteiger charge is -2.27. The number of ether oxygens (including phenoxy) is 2. The summed E-state index contributed by atoms with van der Waals surface area (Å²) in [6, 6.07) is 5.43. The van der Waals surface area contributed by atoms with Crippen molar-refractivity contribution in [2.24, 2.45) is 0 Å². The minimum absolute atomic E-state index is 0.0127. The van der Waals surface area contributed by atoms with Gasteiger partial charge in [-0.1, -0.05) is 18.9 Å². The van der Waals surface area contributed by atoms with Crippen LogP contribution in [0.3, 0.4) is 0 Å². The second-order valence-corrected chi connectivity index (χ2v) is 8.08. The van der Waals surface area contributed by atoms with Crippen LogP contribution in [0, 0.1) is 0 Å². The molecule has 33 heavy (non-hydrogen) atoms. The first-order chi connectivity index (χ1) is 15.9. The molecule has 2 unspecified atom stereocenters. The fourth-order valence-electron chi connectivity index (χ4n) is 4.21. The van der Waals surface area contributed by atoms with Gasteiger partial charge in [0.2, 0.25) is 0 Å². The Morgan fingerprint density at radius 2 is 2.03 bits per heavy atom. The number of benzene rings is 1. The lowest BCUT2D eigenvalue weighted by Crippen LogP contribution is -2.31. The summed E-state index contributed by atoms with van der Waals surface area (Å²) in [6.45, 7) is 0.117. The fourth-order valence-corrected chi connectivity index (χ4v) is 4.21. The highest BCUT2D eigenvalue weighted by molar-refractivity contribution is 6.00. The Labute approximate surface area is 188 Å². The molecule has 176 valence electrons. The van der Waals surface area contributed by atoms with Crippen LogP contribution in [0.2, 0.25) is 0 Å². The molecule has 1 fully saturated rings. The van der Waals surface area contributed by atoms with E-state index in [9.17, 15) is 23.8 Å². The van der Waals surface area contributed by atoms with E-state index in [-0.39, 0.29) is 35.0 Å². The number of aromatic nitrogens is 3. The molecule has 0 radical (unpaired) electrons. The zero-order valence-corrected chi connectivity index (χ0v) is 18.0. The Hall–Kier alpha value is -3.11. The molecule has 8 nitrogen and oxygen atoms in total. The molecule has 2 N–H and O–H groups in total. The number of rotatable bonds is 9. The summed E-state index contributed by atoms with van der Waals surface area (Å²) < 4.78 is 39.3. The number of halogens is 2. The Balaban J connectivity index is 1.65. The molecule has 3 aromatic rings. The van der Waals surface area contributed by atoms with E-state index in [2.05, 4.69) is 10.1 Å². The van der Waals surface area contributed by atoms with Crippen molar-refractivity contribution in [2.45, 2.75) is 57.0 Å². The molecule has 1 aliphatic rings. The number of carbonyl (C=O) groups is 1. The first kappa shape index (κ1) is 23.1. The summed E-state index contributed by atoms with van der Waals surface area (Å²) in [5.74, 6) is -1.13. The van der Waals surface area contributed by atoms with Crippen LogP contribution in [-0.2, 0) is 11.3 Å². The first-order valence-corrected chi connectivity index (χ1v) is 10.7. The molecular weight excluding hydrogens is 436 g/mol. The van der Waals surface area contributed by atoms with E-state index in [0.29, 0.717) is 11.1 Å². The summed E-state index contributed by atoms with van der Waals surface area (Å²) in [6.07, 6.45) is 2.14. The topological polar surface area (TPSA) is 107 Å². The van der Waals surface area contributed by atoms with Crippen molar-refractivity contribution in [3.05, 3.63) is 53.3 Å². The van der Waals surface area contributed by atoms with E-state index in [4.69, 9.17) is 9.47 Å². The molecule has 1 aliphatic carbocycles. The van der Waals surface area contributed by atoms with Crippen LogP contribution in [0.25, 0.3) is 11.0 Å². The number of hydrogen-bond acceptors (Lipinski definition) is 6. The number of aliphatic hydroxyl groups is 1. The predicted octanol–water partition coefficient (Wildman–Crippen LogP) is 4.14. The van der Waals surface area contributed by atoms with Gasteiger partial charge in [-0.05, 0) is 36.6 Å². The van der Waals surface area contributed by atoms with Crippen molar-refractivity contribution in [3.63, 3.8) is 0 Å². The number of nitrogens with zero attached hydrogens (tertiary/aromatic N) is 3. The molecular formula is C23H25F2N3O5. The third-order valence-corrected chi connectivity index (χ3v) is 5.91. The highest BCUT2D eigenvalue weighted by Gasteiger charge is 2.29. The van der Waals surface area contributed by atoms with Gasteiger partial charge in [0.05, 0.1) is 37.1 Å². The highest BCUT2D eigenvalue weighted by atomic mass is 19.3. The number of pyridine rings is 1. The van der Waals surface area contributed by atoms with Gasteiger partial charge in [0, 0.05) is 6.20 Å². The molecule has 4 rings (SSSR count). The van der Waals surface area contributed by atoms with Gasteiger partial charge in [-0.15, -0.1) is 0 Å². The molecule has 0 amide bonds. The van der Waals surface area contributed by atoms with Crippen LogP contribution in [0.15, 0.2) is 36.7 Å². The van der Waals surface area contributed by atoms with Crippen molar-refractivity contribution in [1.29, 1.82) is 0 Å². The van der Waals surface area contributed by atoms with Crippen molar-refractivity contribution < 1.29 is 33.3 Å². The predicted molar refractivity (Wildman–Crippen MR) is 115 cm³/mol. The first-order valence-electron chi connectivity index (χ1n) is 10.7. The molecule has 2 atom stereocenters. The van der Waals surface area contributed by atoms with Gasteiger partial charge >= 0.3 is 5.97 Å². The van der Waals surface area contributed by atoms with Gasteiger partial charge in [-0.3, -0.25) is 9.67 Å². The molecule has 0 spiro atoms.